The third kappa shape index (κ3) is 1.82. The molecule has 0 radical (unpaired) electrons. The Morgan fingerprint density at radius 3 is 2.16 bits per heavy atom. The van der Waals surface area contributed by atoms with E-state index in [1.165, 1.54) is 35.2 Å². The molecular formula is C17H19NO. The molecule has 0 aliphatic heterocycles. The van der Waals surface area contributed by atoms with Gasteiger partial charge in [0.05, 0.1) is 5.60 Å². The minimum absolute atomic E-state index is 0.433. The van der Waals surface area contributed by atoms with E-state index < -0.39 is 5.60 Å². The average Bonchev–Trinajstić information content (AvgIpc) is 3.10. The third-order valence-corrected chi connectivity index (χ3v) is 4.66. The molecule has 0 amide bonds. The minimum Gasteiger partial charge on any atom is -0.389 e. The van der Waals surface area contributed by atoms with Gasteiger partial charge in [0.15, 0.2) is 0 Å². The molecule has 2 aliphatic rings. The van der Waals surface area contributed by atoms with Crippen LogP contribution in [-0.2, 0) is 12.8 Å². The highest BCUT2D eigenvalue weighted by atomic mass is 16.3. The first kappa shape index (κ1) is 11.3. The lowest BCUT2D eigenvalue weighted by atomic mass is 9.94. The molecule has 0 spiro atoms. The van der Waals surface area contributed by atoms with Gasteiger partial charge in [-0.2, -0.15) is 0 Å². The Balaban J connectivity index is 1.64. The van der Waals surface area contributed by atoms with Crippen LogP contribution in [0, 0.1) is 12.8 Å². The molecule has 1 N–H and O–H groups in total. The number of aromatic nitrogens is 1. The molecule has 0 unspecified atom stereocenters. The van der Waals surface area contributed by atoms with Crippen molar-refractivity contribution in [1.82, 2.24) is 4.57 Å². The maximum absolute atomic E-state index is 10.6. The van der Waals surface area contributed by atoms with E-state index in [2.05, 4.69) is 48.1 Å². The molecule has 2 heteroatoms. The molecule has 0 saturated heterocycles. The Hall–Kier alpha value is -1.54. The number of hydrogen-bond acceptors (Lipinski definition) is 1. The van der Waals surface area contributed by atoms with Gasteiger partial charge >= 0.3 is 0 Å². The van der Waals surface area contributed by atoms with E-state index in [1.54, 1.807) is 0 Å². The highest BCUT2D eigenvalue weighted by Gasteiger charge is 2.47. The smallest absolute Gasteiger partial charge is 0.0757 e. The fraction of sp³-hybridized carbons (Fsp3) is 0.412. The zero-order valence-corrected chi connectivity index (χ0v) is 11.3. The average molecular weight is 253 g/mol. The molecule has 1 fully saturated rings. The number of aliphatic hydroxyl groups is 1. The summed E-state index contributed by atoms with van der Waals surface area (Å²) in [5, 5.41) is 10.6. The van der Waals surface area contributed by atoms with Crippen molar-refractivity contribution in [3.8, 4) is 5.69 Å². The van der Waals surface area contributed by atoms with Crippen LogP contribution in [0.4, 0.5) is 0 Å². The maximum Gasteiger partial charge on any atom is 0.0757 e. The van der Waals surface area contributed by atoms with Crippen LogP contribution in [0.3, 0.4) is 0 Å². The monoisotopic (exact) mass is 253 g/mol. The van der Waals surface area contributed by atoms with Crippen molar-refractivity contribution >= 4 is 0 Å². The van der Waals surface area contributed by atoms with Crippen molar-refractivity contribution < 1.29 is 5.11 Å². The molecule has 1 heterocycles. The molecule has 98 valence electrons. The van der Waals surface area contributed by atoms with Crippen LogP contribution in [0.5, 0.6) is 0 Å². The summed E-state index contributed by atoms with van der Waals surface area (Å²) in [4.78, 5) is 0. The van der Waals surface area contributed by atoms with Crippen molar-refractivity contribution in [2.45, 2.75) is 38.2 Å². The molecule has 2 nitrogen and oxygen atoms in total. The maximum atomic E-state index is 10.6. The SMILES string of the molecule is Cc1ccc(-n2cc3c(c2)CC(O)(C2CC2)C3)cc1. The largest absolute Gasteiger partial charge is 0.389 e. The summed E-state index contributed by atoms with van der Waals surface area (Å²) in [6.45, 7) is 2.11. The summed E-state index contributed by atoms with van der Waals surface area (Å²) in [6.07, 6.45) is 8.48. The number of aryl methyl sites for hydroxylation is 1. The summed E-state index contributed by atoms with van der Waals surface area (Å²) in [5.74, 6) is 0.549. The molecule has 1 saturated carbocycles. The molecule has 19 heavy (non-hydrogen) atoms. The van der Waals surface area contributed by atoms with Crippen LogP contribution in [0.15, 0.2) is 36.7 Å². The van der Waals surface area contributed by atoms with Crippen LogP contribution in [0.1, 0.15) is 29.5 Å². The van der Waals surface area contributed by atoms with Crippen molar-refractivity contribution in [2.24, 2.45) is 5.92 Å². The lowest BCUT2D eigenvalue weighted by Crippen LogP contribution is -2.32. The zero-order chi connectivity index (χ0) is 13.0. The van der Waals surface area contributed by atoms with E-state index in [9.17, 15) is 5.11 Å². The fourth-order valence-electron chi connectivity index (χ4n) is 3.35. The number of fused-ring (bicyclic) bond motifs is 1. The van der Waals surface area contributed by atoms with E-state index in [4.69, 9.17) is 0 Å². The quantitative estimate of drug-likeness (QED) is 0.874. The van der Waals surface area contributed by atoms with Gasteiger partial charge in [-0.15, -0.1) is 0 Å². The zero-order valence-electron chi connectivity index (χ0n) is 11.3. The predicted molar refractivity (Wildman–Crippen MR) is 75.6 cm³/mol. The van der Waals surface area contributed by atoms with Gasteiger partial charge in [-0.3, -0.25) is 0 Å². The summed E-state index contributed by atoms with van der Waals surface area (Å²) >= 11 is 0. The fourth-order valence-corrected chi connectivity index (χ4v) is 3.35. The highest BCUT2D eigenvalue weighted by molar-refractivity contribution is 5.42. The predicted octanol–water partition coefficient (Wildman–Crippen LogP) is 3.03. The van der Waals surface area contributed by atoms with E-state index in [0.717, 1.165) is 12.8 Å². The van der Waals surface area contributed by atoms with Crippen molar-refractivity contribution in [2.75, 3.05) is 0 Å². The lowest BCUT2D eigenvalue weighted by molar-refractivity contribution is 0.0280. The van der Waals surface area contributed by atoms with Crippen LogP contribution < -0.4 is 0 Å². The summed E-state index contributed by atoms with van der Waals surface area (Å²) in [5.41, 5.74) is 4.71. The molecule has 2 aromatic rings. The molecule has 2 aliphatic carbocycles. The Bertz CT molecular complexity index is 596. The van der Waals surface area contributed by atoms with Gasteiger partial charge < -0.3 is 9.67 Å². The second-order valence-corrected chi connectivity index (χ2v) is 6.28. The Labute approximate surface area is 113 Å². The molecule has 4 rings (SSSR count). The van der Waals surface area contributed by atoms with Gasteiger partial charge in [-0.1, -0.05) is 17.7 Å². The lowest BCUT2D eigenvalue weighted by Gasteiger charge is -2.21. The molecule has 0 atom stereocenters. The molecule has 1 aromatic heterocycles. The van der Waals surface area contributed by atoms with E-state index in [1.807, 2.05) is 0 Å². The standard InChI is InChI=1S/C17H19NO/c1-12-2-6-16(7-3-12)18-10-13-8-17(19,15-4-5-15)9-14(13)11-18/h2-3,6-7,10-11,15,19H,4-5,8-9H2,1H3. The van der Waals surface area contributed by atoms with Gasteiger partial charge in [-0.25, -0.2) is 0 Å². The number of benzene rings is 1. The first-order chi connectivity index (χ1) is 9.14. The molecular weight excluding hydrogens is 234 g/mol. The summed E-state index contributed by atoms with van der Waals surface area (Å²) in [6, 6.07) is 8.58. The number of rotatable bonds is 2. The first-order valence-corrected chi connectivity index (χ1v) is 7.13. The van der Waals surface area contributed by atoms with E-state index >= 15 is 0 Å². The summed E-state index contributed by atoms with van der Waals surface area (Å²) in [7, 11) is 0. The van der Waals surface area contributed by atoms with Crippen LogP contribution in [0.2, 0.25) is 0 Å². The van der Waals surface area contributed by atoms with Gasteiger partial charge in [0.2, 0.25) is 0 Å². The molecule has 1 aromatic carbocycles. The van der Waals surface area contributed by atoms with Crippen molar-refractivity contribution in [1.29, 1.82) is 0 Å². The van der Waals surface area contributed by atoms with Crippen LogP contribution in [0.25, 0.3) is 5.69 Å². The third-order valence-electron chi connectivity index (χ3n) is 4.66. The first-order valence-electron chi connectivity index (χ1n) is 7.13. The second kappa shape index (κ2) is 3.73. The van der Waals surface area contributed by atoms with E-state index in [-0.39, 0.29) is 0 Å². The minimum atomic E-state index is -0.433. The normalized spacial score (nSPS) is 20.5. The summed E-state index contributed by atoms with van der Waals surface area (Å²) < 4.78 is 2.19. The van der Waals surface area contributed by atoms with Gasteiger partial charge in [0, 0.05) is 30.9 Å². The molecule has 0 bridgehead atoms. The second-order valence-electron chi connectivity index (χ2n) is 6.28. The Morgan fingerprint density at radius 2 is 1.63 bits per heavy atom. The number of nitrogens with zero attached hydrogens (tertiary/aromatic N) is 1. The Morgan fingerprint density at radius 1 is 1.05 bits per heavy atom. The van der Waals surface area contributed by atoms with Crippen molar-refractivity contribution in [3.63, 3.8) is 0 Å². The van der Waals surface area contributed by atoms with Gasteiger partial charge in [0.1, 0.15) is 0 Å². The van der Waals surface area contributed by atoms with Crippen LogP contribution in [-0.4, -0.2) is 15.3 Å². The van der Waals surface area contributed by atoms with Gasteiger partial charge in [0.25, 0.3) is 0 Å². The van der Waals surface area contributed by atoms with Crippen LogP contribution >= 0.6 is 0 Å². The van der Waals surface area contributed by atoms with Crippen molar-refractivity contribution in [3.05, 3.63) is 53.3 Å². The van der Waals surface area contributed by atoms with E-state index in [0.29, 0.717) is 5.92 Å². The topological polar surface area (TPSA) is 25.2 Å². The Kier molecular flexibility index (Phi) is 2.22. The number of hydrogen-bond donors (Lipinski definition) is 1. The van der Waals surface area contributed by atoms with Gasteiger partial charge in [-0.05, 0) is 48.9 Å². The highest BCUT2D eigenvalue weighted by Crippen LogP contribution is 2.47.